The number of amides is 1. The van der Waals surface area contributed by atoms with Crippen LogP contribution in [0, 0.1) is 17.0 Å². The van der Waals surface area contributed by atoms with E-state index in [1.807, 2.05) is 6.07 Å². The largest absolute Gasteiger partial charge is 0.384 e. The smallest absolute Gasteiger partial charge is 0.282 e. The van der Waals surface area contributed by atoms with E-state index >= 15 is 0 Å². The summed E-state index contributed by atoms with van der Waals surface area (Å²) in [6.07, 6.45) is 0. The molecule has 1 unspecified atom stereocenters. The lowest BCUT2D eigenvalue weighted by molar-refractivity contribution is -0.385. The number of nitro groups is 1. The van der Waals surface area contributed by atoms with Gasteiger partial charge in [0.05, 0.1) is 11.5 Å². The predicted molar refractivity (Wildman–Crippen MR) is 86.2 cm³/mol. The van der Waals surface area contributed by atoms with Gasteiger partial charge in [-0.2, -0.15) is 0 Å². The second-order valence-corrected chi connectivity index (χ2v) is 5.60. The second-order valence-electron chi connectivity index (χ2n) is 5.60. The molecule has 0 aromatic heterocycles. The van der Waals surface area contributed by atoms with Crippen molar-refractivity contribution in [3.8, 4) is 0 Å². The number of nitro benzene ring substituents is 1. The fourth-order valence-electron chi connectivity index (χ4n) is 2.24. The lowest BCUT2D eigenvalue weighted by Gasteiger charge is -2.24. The van der Waals surface area contributed by atoms with Crippen molar-refractivity contribution >= 4 is 11.6 Å². The molecule has 1 atom stereocenters. The number of carbonyl (C=O) groups is 1. The maximum absolute atomic E-state index is 12.3. The number of rotatable bonds is 5. The summed E-state index contributed by atoms with van der Waals surface area (Å²) >= 11 is 0. The first-order valence-corrected chi connectivity index (χ1v) is 7.12. The van der Waals surface area contributed by atoms with Crippen LogP contribution in [0.25, 0.3) is 0 Å². The van der Waals surface area contributed by atoms with Crippen molar-refractivity contribution in [2.24, 2.45) is 0 Å². The molecular formula is C17H18N2O4. The fourth-order valence-corrected chi connectivity index (χ4v) is 2.24. The van der Waals surface area contributed by atoms with Gasteiger partial charge in [-0.15, -0.1) is 0 Å². The molecule has 2 aromatic rings. The minimum absolute atomic E-state index is 0.0149. The summed E-state index contributed by atoms with van der Waals surface area (Å²) in [7, 11) is 0. The average molecular weight is 314 g/mol. The van der Waals surface area contributed by atoms with Gasteiger partial charge >= 0.3 is 0 Å². The van der Waals surface area contributed by atoms with Crippen LogP contribution in [-0.4, -0.2) is 22.5 Å². The van der Waals surface area contributed by atoms with E-state index in [-0.39, 0.29) is 17.8 Å². The third kappa shape index (κ3) is 3.92. The topological polar surface area (TPSA) is 92.5 Å². The quantitative estimate of drug-likeness (QED) is 0.655. The molecule has 0 heterocycles. The zero-order chi connectivity index (χ0) is 17.0. The number of benzene rings is 2. The molecule has 2 N–H and O–H groups in total. The van der Waals surface area contributed by atoms with Gasteiger partial charge in [-0.1, -0.05) is 36.4 Å². The standard InChI is InChI=1S/C17H18N2O4/c1-12-8-9-15(19(22)23)14(10-12)16(20)18-11-17(2,21)13-6-4-3-5-7-13/h3-10,21H,11H2,1-2H3,(H,18,20). The normalized spacial score (nSPS) is 13.2. The summed E-state index contributed by atoms with van der Waals surface area (Å²) in [6.45, 7) is 3.27. The Morgan fingerprint density at radius 3 is 2.52 bits per heavy atom. The molecule has 0 aliphatic heterocycles. The molecule has 23 heavy (non-hydrogen) atoms. The third-order valence-corrected chi connectivity index (χ3v) is 3.58. The number of aliphatic hydroxyl groups is 1. The molecule has 6 heteroatoms. The Morgan fingerprint density at radius 1 is 1.26 bits per heavy atom. The van der Waals surface area contributed by atoms with Gasteiger partial charge in [0, 0.05) is 6.07 Å². The fraction of sp³-hybridized carbons (Fsp3) is 0.235. The van der Waals surface area contributed by atoms with Crippen molar-refractivity contribution in [1.82, 2.24) is 5.32 Å². The van der Waals surface area contributed by atoms with E-state index < -0.39 is 16.4 Å². The molecule has 120 valence electrons. The Kier molecular flexibility index (Phi) is 4.76. The molecule has 0 bridgehead atoms. The number of hydrogen-bond donors (Lipinski definition) is 2. The molecule has 2 rings (SSSR count). The van der Waals surface area contributed by atoms with Crippen molar-refractivity contribution in [1.29, 1.82) is 0 Å². The molecule has 0 fully saturated rings. The average Bonchev–Trinajstić information content (AvgIpc) is 2.53. The first kappa shape index (κ1) is 16.6. The van der Waals surface area contributed by atoms with Gasteiger partial charge in [0.2, 0.25) is 0 Å². The molecule has 0 aliphatic rings. The molecule has 6 nitrogen and oxygen atoms in total. The van der Waals surface area contributed by atoms with E-state index in [4.69, 9.17) is 0 Å². The van der Waals surface area contributed by atoms with Crippen molar-refractivity contribution in [2.75, 3.05) is 6.54 Å². The molecule has 0 spiro atoms. The number of hydrogen-bond acceptors (Lipinski definition) is 4. The van der Waals surface area contributed by atoms with Crippen LogP contribution in [0.2, 0.25) is 0 Å². The minimum Gasteiger partial charge on any atom is -0.384 e. The first-order valence-electron chi connectivity index (χ1n) is 7.12. The Hall–Kier alpha value is -2.73. The van der Waals surface area contributed by atoms with Gasteiger partial charge in [-0.25, -0.2) is 0 Å². The third-order valence-electron chi connectivity index (χ3n) is 3.58. The maximum atomic E-state index is 12.3. The van der Waals surface area contributed by atoms with E-state index in [0.29, 0.717) is 5.56 Å². The molecule has 1 amide bonds. The Balaban J connectivity index is 2.17. The number of nitrogens with one attached hydrogen (secondary N) is 1. The van der Waals surface area contributed by atoms with Crippen LogP contribution in [-0.2, 0) is 5.60 Å². The lowest BCUT2D eigenvalue weighted by atomic mass is 9.96. The van der Waals surface area contributed by atoms with Crippen LogP contribution >= 0.6 is 0 Å². The van der Waals surface area contributed by atoms with Crippen LogP contribution in [0.15, 0.2) is 48.5 Å². The highest BCUT2D eigenvalue weighted by molar-refractivity contribution is 5.98. The van der Waals surface area contributed by atoms with Crippen molar-refractivity contribution in [2.45, 2.75) is 19.4 Å². The maximum Gasteiger partial charge on any atom is 0.282 e. The molecule has 0 saturated carbocycles. The molecule has 2 aromatic carbocycles. The number of nitrogens with zero attached hydrogens (tertiary/aromatic N) is 1. The van der Waals surface area contributed by atoms with E-state index in [1.54, 1.807) is 44.2 Å². The van der Waals surface area contributed by atoms with Crippen LogP contribution in [0.1, 0.15) is 28.4 Å². The summed E-state index contributed by atoms with van der Waals surface area (Å²) in [4.78, 5) is 22.7. The summed E-state index contributed by atoms with van der Waals surface area (Å²) < 4.78 is 0. The SMILES string of the molecule is Cc1ccc([N+](=O)[O-])c(C(=O)NCC(C)(O)c2ccccc2)c1. The second kappa shape index (κ2) is 6.58. The van der Waals surface area contributed by atoms with E-state index in [0.717, 1.165) is 5.56 Å². The molecule has 0 aliphatic carbocycles. The van der Waals surface area contributed by atoms with Crippen molar-refractivity contribution < 1.29 is 14.8 Å². The van der Waals surface area contributed by atoms with Crippen molar-refractivity contribution in [3.63, 3.8) is 0 Å². The monoisotopic (exact) mass is 314 g/mol. The van der Waals surface area contributed by atoms with Crippen molar-refractivity contribution in [3.05, 3.63) is 75.3 Å². The highest BCUT2D eigenvalue weighted by Crippen LogP contribution is 2.22. The summed E-state index contributed by atoms with van der Waals surface area (Å²) in [5.74, 6) is -0.586. The Morgan fingerprint density at radius 2 is 1.91 bits per heavy atom. The van der Waals surface area contributed by atoms with Gasteiger partial charge in [-0.3, -0.25) is 14.9 Å². The zero-order valence-electron chi connectivity index (χ0n) is 12.9. The summed E-state index contributed by atoms with van der Waals surface area (Å²) in [6, 6.07) is 13.3. The van der Waals surface area contributed by atoms with Gasteiger partial charge in [0.1, 0.15) is 11.2 Å². The van der Waals surface area contributed by atoms with E-state index in [2.05, 4.69) is 5.32 Å². The Bertz CT molecular complexity index is 727. The van der Waals surface area contributed by atoms with Crippen LogP contribution in [0.5, 0.6) is 0 Å². The lowest BCUT2D eigenvalue weighted by Crippen LogP contribution is -2.38. The van der Waals surface area contributed by atoms with Gasteiger partial charge < -0.3 is 10.4 Å². The van der Waals surface area contributed by atoms with Crippen LogP contribution < -0.4 is 5.32 Å². The number of carbonyl (C=O) groups excluding carboxylic acids is 1. The first-order chi connectivity index (χ1) is 10.8. The highest BCUT2D eigenvalue weighted by atomic mass is 16.6. The summed E-state index contributed by atoms with van der Waals surface area (Å²) in [5.41, 5.74) is -0.142. The van der Waals surface area contributed by atoms with Gasteiger partial charge in [0.15, 0.2) is 0 Å². The Labute approximate surface area is 133 Å². The predicted octanol–water partition coefficient (Wildman–Crippen LogP) is 2.54. The molecule has 0 saturated heterocycles. The van der Waals surface area contributed by atoms with E-state index in [9.17, 15) is 20.0 Å². The molecular weight excluding hydrogens is 296 g/mol. The minimum atomic E-state index is -1.27. The summed E-state index contributed by atoms with van der Waals surface area (Å²) in [5, 5.41) is 24.1. The van der Waals surface area contributed by atoms with Crippen LogP contribution in [0.3, 0.4) is 0 Å². The highest BCUT2D eigenvalue weighted by Gasteiger charge is 2.26. The van der Waals surface area contributed by atoms with Crippen LogP contribution in [0.4, 0.5) is 5.69 Å². The van der Waals surface area contributed by atoms with Gasteiger partial charge in [0.25, 0.3) is 11.6 Å². The van der Waals surface area contributed by atoms with E-state index in [1.165, 1.54) is 12.1 Å². The molecule has 0 radical (unpaired) electrons. The van der Waals surface area contributed by atoms with Gasteiger partial charge in [-0.05, 0) is 31.0 Å². The number of aryl methyl sites for hydroxylation is 1. The zero-order valence-corrected chi connectivity index (χ0v) is 12.9.